The molecule has 3 aromatic rings. The maximum absolute atomic E-state index is 12.3. The lowest BCUT2D eigenvalue weighted by atomic mass is 10.0. The second-order valence-corrected chi connectivity index (χ2v) is 9.73. The summed E-state index contributed by atoms with van der Waals surface area (Å²) in [5.74, 6) is -0.587. The van der Waals surface area contributed by atoms with Crippen LogP contribution in [0.1, 0.15) is 24.5 Å². The fourth-order valence-electron chi connectivity index (χ4n) is 3.00. The van der Waals surface area contributed by atoms with Gasteiger partial charge < -0.3 is 15.5 Å². The number of nitrogen functional groups attached to an aromatic ring is 1. The van der Waals surface area contributed by atoms with E-state index in [2.05, 4.69) is 10.3 Å². The number of furan rings is 1. The predicted octanol–water partition coefficient (Wildman–Crippen LogP) is 2.61. The van der Waals surface area contributed by atoms with Crippen LogP contribution >= 0.6 is 11.8 Å². The van der Waals surface area contributed by atoms with Crippen molar-refractivity contribution in [1.82, 2.24) is 9.71 Å². The van der Waals surface area contributed by atoms with E-state index in [-0.39, 0.29) is 50.5 Å². The van der Waals surface area contributed by atoms with Crippen LogP contribution in [0.2, 0.25) is 0 Å². The maximum Gasteiger partial charge on any atom is 0.264 e. The van der Waals surface area contributed by atoms with E-state index < -0.39 is 15.9 Å². The number of benzene rings is 1. The zero-order valence-corrected chi connectivity index (χ0v) is 19.9. The van der Waals surface area contributed by atoms with Crippen LogP contribution in [-0.4, -0.2) is 31.0 Å². The van der Waals surface area contributed by atoms with Crippen molar-refractivity contribution in [3.05, 3.63) is 53.8 Å². The monoisotopic (exact) mass is 510 g/mol. The van der Waals surface area contributed by atoms with Crippen molar-refractivity contribution in [2.75, 3.05) is 16.8 Å². The van der Waals surface area contributed by atoms with Crippen LogP contribution in [0.4, 0.5) is 11.5 Å². The number of nitrogens with one attached hydrogen (secondary N) is 2. The molecule has 0 radical (unpaired) electrons. The lowest BCUT2D eigenvalue weighted by molar-refractivity contribution is -0.117. The predicted molar refractivity (Wildman–Crippen MR) is 127 cm³/mol. The van der Waals surface area contributed by atoms with Gasteiger partial charge in [0, 0.05) is 24.8 Å². The molecule has 0 atom stereocenters. The number of nitrogens with zero attached hydrogens (tertiary/aromatic N) is 3. The van der Waals surface area contributed by atoms with E-state index in [0.29, 0.717) is 11.4 Å². The van der Waals surface area contributed by atoms with Crippen LogP contribution in [0.3, 0.4) is 0 Å². The number of amides is 2. The first kappa shape index (κ1) is 25.3. The van der Waals surface area contributed by atoms with Gasteiger partial charge >= 0.3 is 0 Å². The van der Waals surface area contributed by atoms with Crippen LogP contribution in [0.15, 0.2) is 57.0 Å². The SMILES string of the molecule is CC(=O)NS(=O)(=O)c1ccc(NC(=O)CCSc2nc(N)c(C#N)c(-c3ccco3)c2C#N)cc1. The van der Waals surface area contributed by atoms with Crippen molar-refractivity contribution >= 4 is 45.1 Å². The molecule has 0 saturated carbocycles. The first-order valence-corrected chi connectivity index (χ1v) is 12.4. The number of pyridine rings is 1. The van der Waals surface area contributed by atoms with Crippen molar-refractivity contribution in [1.29, 1.82) is 10.5 Å². The highest BCUT2D eigenvalue weighted by Gasteiger charge is 2.22. The summed E-state index contributed by atoms with van der Waals surface area (Å²) in [5, 5.41) is 22.1. The summed E-state index contributed by atoms with van der Waals surface area (Å²) in [6, 6.07) is 12.5. The summed E-state index contributed by atoms with van der Waals surface area (Å²) in [6.45, 7) is 1.09. The molecule has 13 heteroatoms. The van der Waals surface area contributed by atoms with Gasteiger partial charge in [-0.1, -0.05) is 0 Å². The Bertz CT molecular complexity index is 1450. The molecule has 0 fully saturated rings. The third kappa shape index (κ3) is 5.97. The summed E-state index contributed by atoms with van der Waals surface area (Å²) in [5.41, 5.74) is 6.68. The molecule has 2 amide bonds. The Hall–Kier alpha value is -4.33. The number of anilines is 2. The molecule has 0 saturated heterocycles. The molecule has 11 nitrogen and oxygen atoms in total. The van der Waals surface area contributed by atoms with Gasteiger partial charge in [0.15, 0.2) is 0 Å². The Morgan fingerprint density at radius 2 is 1.83 bits per heavy atom. The molecule has 2 aromatic heterocycles. The summed E-state index contributed by atoms with van der Waals surface area (Å²) in [4.78, 5) is 27.4. The van der Waals surface area contributed by atoms with Gasteiger partial charge in [0.1, 0.15) is 34.3 Å². The lowest BCUT2D eigenvalue weighted by Gasteiger charge is -2.11. The van der Waals surface area contributed by atoms with Gasteiger partial charge in [0.05, 0.1) is 22.3 Å². The first-order valence-electron chi connectivity index (χ1n) is 9.90. The van der Waals surface area contributed by atoms with E-state index in [1.807, 2.05) is 16.9 Å². The molecular formula is C22H18N6O5S2. The van der Waals surface area contributed by atoms with Crippen molar-refractivity contribution in [3.63, 3.8) is 0 Å². The molecule has 0 aliphatic carbocycles. The largest absolute Gasteiger partial charge is 0.464 e. The number of carbonyl (C=O) groups excluding carboxylic acids is 2. The third-order valence-electron chi connectivity index (χ3n) is 4.48. The highest BCUT2D eigenvalue weighted by molar-refractivity contribution is 7.99. The number of carbonyl (C=O) groups is 2. The second-order valence-electron chi connectivity index (χ2n) is 6.96. The molecule has 35 heavy (non-hydrogen) atoms. The minimum absolute atomic E-state index is 0.0301. The molecule has 0 aliphatic heterocycles. The van der Waals surface area contributed by atoms with Crippen molar-refractivity contribution in [2.45, 2.75) is 23.3 Å². The van der Waals surface area contributed by atoms with E-state index in [9.17, 15) is 28.5 Å². The third-order valence-corrected chi connectivity index (χ3v) is 6.90. The molecule has 2 heterocycles. The summed E-state index contributed by atoms with van der Waals surface area (Å²) < 4.78 is 31.2. The zero-order valence-electron chi connectivity index (χ0n) is 18.2. The molecule has 178 valence electrons. The Balaban J connectivity index is 1.68. The number of hydrogen-bond donors (Lipinski definition) is 3. The van der Waals surface area contributed by atoms with Gasteiger partial charge in [-0.15, -0.1) is 11.8 Å². The molecular weight excluding hydrogens is 492 g/mol. The standard InChI is InChI=1S/C22H18N6O5S2/c1-13(29)28-35(31,32)15-6-4-14(5-7-15)26-19(30)8-10-34-22-17(12-24)20(18-3-2-9-33-18)16(11-23)21(25)27-22/h2-7,9H,8,10H2,1H3,(H2,25,27)(H,26,30)(H,28,29). The molecule has 3 rings (SSSR count). The number of thioether (sulfide) groups is 1. The lowest BCUT2D eigenvalue weighted by Crippen LogP contribution is -2.28. The fraction of sp³-hybridized carbons (Fsp3) is 0.136. The first-order chi connectivity index (χ1) is 16.7. The highest BCUT2D eigenvalue weighted by Crippen LogP contribution is 2.35. The van der Waals surface area contributed by atoms with E-state index in [0.717, 1.165) is 18.7 Å². The van der Waals surface area contributed by atoms with Gasteiger partial charge in [-0.25, -0.2) is 18.1 Å². The van der Waals surface area contributed by atoms with Gasteiger partial charge in [-0.2, -0.15) is 10.5 Å². The molecule has 1 aromatic carbocycles. The van der Waals surface area contributed by atoms with E-state index in [4.69, 9.17) is 10.2 Å². The summed E-state index contributed by atoms with van der Waals surface area (Å²) in [6.07, 6.45) is 1.45. The van der Waals surface area contributed by atoms with Gasteiger partial charge in [0.2, 0.25) is 11.8 Å². The summed E-state index contributed by atoms with van der Waals surface area (Å²) in [7, 11) is -3.97. The number of hydrogen-bond acceptors (Lipinski definition) is 10. The molecule has 4 N–H and O–H groups in total. The van der Waals surface area contributed by atoms with Gasteiger partial charge in [0.25, 0.3) is 10.0 Å². The number of sulfonamides is 1. The van der Waals surface area contributed by atoms with Gasteiger partial charge in [-0.3, -0.25) is 9.59 Å². The summed E-state index contributed by atoms with van der Waals surface area (Å²) >= 11 is 1.12. The molecule has 0 spiro atoms. The minimum Gasteiger partial charge on any atom is -0.464 e. The van der Waals surface area contributed by atoms with Crippen molar-refractivity contribution < 1.29 is 22.4 Å². The van der Waals surface area contributed by atoms with E-state index in [1.54, 1.807) is 12.1 Å². The van der Waals surface area contributed by atoms with Crippen LogP contribution < -0.4 is 15.8 Å². The van der Waals surface area contributed by atoms with E-state index in [1.165, 1.54) is 30.5 Å². The highest BCUT2D eigenvalue weighted by atomic mass is 32.2. The van der Waals surface area contributed by atoms with Crippen molar-refractivity contribution in [2.24, 2.45) is 0 Å². The van der Waals surface area contributed by atoms with E-state index >= 15 is 0 Å². The maximum atomic E-state index is 12.3. The molecule has 0 bridgehead atoms. The minimum atomic E-state index is -3.97. The fourth-order valence-corrected chi connectivity index (χ4v) is 4.93. The number of aromatic nitrogens is 1. The average molecular weight is 511 g/mol. The smallest absolute Gasteiger partial charge is 0.264 e. The van der Waals surface area contributed by atoms with Crippen LogP contribution in [-0.2, 0) is 19.6 Å². The Kier molecular flexibility index (Phi) is 7.76. The van der Waals surface area contributed by atoms with Crippen molar-refractivity contribution in [3.8, 4) is 23.5 Å². The zero-order chi connectivity index (χ0) is 25.6. The Labute approximate surface area is 205 Å². The molecule has 0 unspecified atom stereocenters. The Morgan fingerprint density at radius 1 is 1.14 bits per heavy atom. The Morgan fingerprint density at radius 3 is 2.40 bits per heavy atom. The number of rotatable bonds is 8. The number of nitrogens with two attached hydrogens (primary N) is 1. The second kappa shape index (κ2) is 10.7. The van der Waals surface area contributed by atoms with Gasteiger partial charge in [-0.05, 0) is 36.4 Å². The normalized spacial score (nSPS) is 10.7. The number of nitriles is 2. The average Bonchev–Trinajstić information content (AvgIpc) is 3.33. The van der Waals surface area contributed by atoms with Crippen LogP contribution in [0, 0.1) is 22.7 Å². The van der Waals surface area contributed by atoms with Crippen LogP contribution in [0.25, 0.3) is 11.3 Å². The molecule has 0 aliphatic rings. The van der Waals surface area contributed by atoms with Crippen LogP contribution in [0.5, 0.6) is 0 Å². The quantitative estimate of drug-likeness (QED) is 0.379. The topological polar surface area (TPSA) is 192 Å².